The Morgan fingerprint density at radius 1 is 1.09 bits per heavy atom. The summed E-state index contributed by atoms with van der Waals surface area (Å²) in [6, 6.07) is 6.30. The standard InChI is InChI=1S/C16H25O5P/c1-3-5-11-16(12-6-4-2,22(18,19)20)21-15-9-7-14(13-17)8-10-15/h7-10,13H,3-6,11-12H2,1-2H3,(H2,18,19,20). The molecule has 0 saturated heterocycles. The second kappa shape index (κ2) is 8.47. The average molecular weight is 328 g/mol. The Morgan fingerprint density at radius 2 is 1.59 bits per heavy atom. The predicted molar refractivity (Wildman–Crippen MR) is 86.3 cm³/mol. The molecule has 0 aliphatic rings. The largest absolute Gasteiger partial charge is 0.475 e. The van der Waals surface area contributed by atoms with Crippen molar-refractivity contribution in [2.45, 2.75) is 57.7 Å². The molecule has 0 spiro atoms. The zero-order valence-corrected chi connectivity index (χ0v) is 14.1. The number of hydrogen-bond donors (Lipinski definition) is 2. The van der Waals surface area contributed by atoms with E-state index in [0.717, 1.165) is 12.8 Å². The molecule has 0 radical (unpaired) electrons. The average Bonchev–Trinajstić information content (AvgIpc) is 2.49. The minimum atomic E-state index is -4.44. The van der Waals surface area contributed by atoms with Crippen LogP contribution in [0.25, 0.3) is 0 Å². The zero-order valence-electron chi connectivity index (χ0n) is 13.2. The van der Waals surface area contributed by atoms with E-state index in [4.69, 9.17) is 4.74 Å². The normalized spacial score (nSPS) is 12.2. The summed E-state index contributed by atoms with van der Waals surface area (Å²) < 4.78 is 17.9. The van der Waals surface area contributed by atoms with Gasteiger partial charge in [-0.15, -0.1) is 0 Å². The fourth-order valence-electron chi connectivity index (χ4n) is 2.32. The van der Waals surface area contributed by atoms with Crippen LogP contribution in [0.3, 0.4) is 0 Å². The highest BCUT2D eigenvalue weighted by Gasteiger charge is 2.48. The highest BCUT2D eigenvalue weighted by atomic mass is 31.2. The summed E-state index contributed by atoms with van der Waals surface area (Å²) in [4.78, 5) is 30.4. The molecule has 6 heteroatoms. The molecular weight excluding hydrogens is 303 g/mol. The molecule has 0 atom stereocenters. The zero-order chi connectivity index (χ0) is 16.6. The lowest BCUT2D eigenvalue weighted by Gasteiger charge is -2.35. The molecule has 0 heterocycles. The van der Waals surface area contributed by atoms with E-state index >= 15 is 0 Å². The molecule has 1 rings (SSSR count). The van der Waals surface area contributed by atoms with Gasteiger partial charge in [-0.1, -0.05) is 26.7 Å². The van der Waals surface area contributed by atoms with Gasteiger partial charge in [0, 0.05) is 5.56 Å². The van der Waals surface area contributed by atoms with Crippen LogP contribution in [0.4, 0.5) is 0 Å². The molecule has 0 amide bonds. The Labute approximate surface area is 131 Å². The van der Waals surface area contributed by atoms with E-state index in [0.29, 0.717) is 43.3 Å². The number of carbonyl (C=O) groups excluding carboxylic acids is 1. The number of benzene rings is 1. The van der Waals surface area contributed by atoms with Crippen LogP contribution in [0, 0.1) is 0 Å². The maximum absolute atomic E-state index is 12.1. The highest BCUT2D eigenvalue weighted by Crippen LogP contribution is 2.56. The van der Waals surface area contributed by atoms with E-state index in [2.05, 4.69) is 0 Å². The molecular formula is C16H25O5P. The van der Waals surface area contributed by atoms with Crippen molar-refractivity contribution in [3.8, 4) is 5.75 Å². The van der Waals surface area contributed by atoms with Gasteiger partial charge in [0.1, 0.15) is 12.0 Å². The third-order valence-corrected chi connectivity index (χ3v) is 5.30. The molecule has 0 bridgehead atoms. The number of rotatable bonds is 10. The summed E-state index contributed by atoms with van der Waals surface area (Å²) in [5.41, 5.74) is 0.497. The van der Waals surface area contributed by atoms with Gasteiger partial charge in [0.2, 0.25) is 5.34 Å². The first kappa shape index (κ1) is 18.9. The van der Waals surface area contributed by atoms with E-state index in [1.54, 1.807) is 24.3 Å². The molecule has 2 N–H and O–H groups in total. The Balaban J connectivity index is 3.09. The topological polar surface area (TPSA) is 83.8 Å². The van der Waals surface area contributed by atoms with E-state index in [1.165, 1.54) is 0 Å². The first-order valence-corrected chi connectivity index (χ1v) is 9.29. The maximum atomic E-state index is 12.1. The molecule has 0 saturated carbocycles. The van der Waals surface area contributed by atoms with Gasteiger partial charge in [-0.05, 0) is 49.9 Å². The van der Waals surface area contributed by atoms with Crippen LogP contribution in [-0.4, -0.2) is 21.4 Å². The summed E-state index contributed by atoms with van der Waals surface area (Å²) in [6.07, 6.45) is 4.37. The van der Waals surface area contributed by atoms with Crippen molar-refractivity contribution >= 4 is 13.9 Å². The monoisotopic (exact) mass is 328 g/mol. The SMILES string of the molecule is CCCCC(CCCC)(Oc1ccc(C=O)cc1)P(=O)(O)O. The molecule has 0 aromatic heterocycles. The molecule has 0 unspecified atom stereocenters. The lowest BCUT2D eigenvalue weighted by Crippen LogP contribution is -2.36. The number of aldehydes is 1. The second-order valence-electron chi connectivity index (χ2n) is 5.49. The molecule has 22 heavy (non-hydrogen) atoms. The van der Waals surface area contributed by atoms with E-state index in [9.17, 15) is 19.1 Å². The lowest BCUT2D eigenvalue weighted by atomic mass is 10.1. The van der Waals surface area contributed by atoms with Crippen molar-refractivity contribution in [2.75, 3.05) is 0 Å². The van der Waals surface area contributed by atoms with Crippen molar-refractivity contribution in [3.05, 3.63) is 29.8 Å². The third-order valence-electron chi connectivity index (χ3n) is 3.70. The first-order valence-electron chi connectivity index (χ1n) is 7.68. The van der Waals surface area contributed by atoms with Crippen molar-refractivity contribution in [3.63, 3.8) is 0 Å². The molecule has 124 valence electrons. The lowest BCUT2D eigenvalue weighted by molar-refractivity contribution is 0.0939. The molecule has 5 nitrogen and oxygen atoms in total. The second-order valence-corrected chi connectivity index (χ2v) is 7.39. The van der Waals surface area contributed by atoms with Gasteiger partial charge in [-0.25, -0.2) is 0 Å². The van der Waals surface area contributed by atoms with Crippen LogP contribution in [0.5, 0.6) is 5.75 Å². The molecule has 1 aromatic carbocycles. The Kier molecular flexibility index (Phi) is 7.27. The summed E-state index contributed by atoms with van der Waals surface area (Å²) in [5, 5.41) is -1.48. The van der Waals surface area contributed by atoms with E-state index < -0.39 is 12.9 Å². The summed E-state index contributed by atoms with van der Waals surface area (Å²) in [6.45, 7) is 3.95. The number of ether oxygens (including phenoxy) is 1. The minimum Gasteiger partial charge on any atom is -0.475 e. The maximum Gasteiger partial charge on any atom is 0.368 e. The van der Waals surface area contributed by atoms with Gasteiger partial charge in [-0.2, -0.15) is 0 Å². The van der Waals surface area contributed by atoms with Crippen LogP contribution in [0.15, 0.2) is 24.3 Å². The Hall–Kier alpha value is -1.16. The van der Waals surface area contributed by atoms with Crippen molar-refractivity contribution in [1.29, 1.82) is 0 Å². The van der Waals surface area contributed by atoms with E-state index in [1.807, 2.05) is 13.8 Å². The summed E-state index contributed by atoms with van der Waals surface area (Å²) in [7, 11) is -4.44. The number of unbranched alkanes of at least 4 members (excludes halogenated alkanes) is 2. The van der Waals surface area contributed by atoms with Gasteiger partial charge in [0.25, 0.3) is 0 Å². The van der Waals surface area contributed by atoms with E-state index in [-0.39, 0.29) is 0 Å². The fourth-order valence-corrected chi connectivity index (χ4v) is 3.44. The van der Waals surface area contributed by atoms with Crippen LogP contribution < -0.4 is 4.74 Å². The molecule has 0 aliphatic heterocycles. The Bertz CT molecular complexity index is 498. The molecule has 0 aliphatic carbocycles. The fraction of sp³-hybridized carbons (Fsp3) is 0.562. The quantitative estimate of drug-likeness (QED) is 0.498. The number of hydrogen-bond acceptors (Lipinski definition) is 3. The third kappa shape index (κ3) is 4.94. The van der Waals surface area contributed by atoms with Crippen LogP contribution in [0.1, 0.15) is 62.7 Å². The van der Waals surface area contributed by atoms with Crippen LogP contribution in [0.2, 0.25) is 0 Å². The van der Waals surface area contributed by atoms with Gasteiger partial charge in [0.05, 0.1) is 0 Å². The minimum absolute atomic E-state index is 0.309. The number of carbonyl (C=O) groups is 1. The summed E-state index contributed by atoms with van der Waals surface area (Å²) in [5.74, 6) is 0.376. The van der Waals surface area contributed by atoms with Gasteiger partial charge < -0.3 is 14.5 Å². The highest BCUT2D eigenvalue weighted by molar-refractivity contribution is 7.53. The predicted octanol–water partition coefficient (Wildman–Crippen LogP) is 4.13. The molecule has 1 aromatic rings. The van der Waals surface area contributed by atoms with Crippen LogP contribution in [-0.2, 0) is 4.57 Å². The van der Waals surface area contributed by atoms with Gasteiger partial charge >= 0.3 is 7.60 Å². The smallest absolute Gasteiger partial charge is 0.368 e. The van der Waals surface area contributed by atoms with Crippen LogP contribution >= 0.6 is 7.60 Å². The van der Waals surface area contributed by atoms with Crippen molar-refractivity contribution < 1.29 is 23.9 Å². The van der Waals surface area contributed by atoms with Crippen molar-refractivity contribution in [2.24, 2.45) is 0 Å². The Morgan fingerprint density at radius 3 is 1.95 bits per heavy atom. The molecule has 0 fully saturated rings. The van der Waals surface area contributed by atoms with Gasteiger partial charge in [-0.3, -0.25) is 9.36 Å². The van der Waals surface area contributed by atoms with Crippen molar-refractivity contribution in [1.82, 2.24) is 0 Å². The summed E-state index contributed by atoms with van der Waals surface area (Å²) >= 11 is 0. The van der Waals surface area contributed by atoms with Gasteiger partial charge in [0.15, 0.2) is 0 Å². The first-order chi connectivity index (χ1) is 10.4.